The molecular formula is C21H32N4O. The summed E-state index contributed by atoms with van der Waals surface area (Å²) in [5.74, 6) is 1.87. The van der Waals surface area contributed by atoms with Crippen molar-refractivity contribution in [3.05, 3.63) is 35.9 Å². The van der Waals surface area contributed by atoms with Crippen molar-refractivity contribution in [1.29, 1.82) is 0 Å². The monoisotopic (exact) mass is 356 g/mol. The fourth-order valence-corrected chi connectivity index (χ4v) is 3.52. The average Bonchev–Trinajstić information content (AvgIpc) is 3.34. The van der Waals surface area contributed by atoms with E-state index >= 15 is 0 Å². The van der Waals surface area contributed by atoms with Gasteiger partial charge in [0.15, 0.2) is 5.96 Å². The summed E-state index contributed by atoms with van der Waals surface area (Å²) in [5.41, 5.74) is 1.42. The van der Waals surface area contributed by atoms with E-state index < -0.39 is 0 Å². The van der Waals surface area contributed by atoms with Crippen LogP contribution in [-0.4, -0.2) is 49.0 Å². The summed E-state index contributed by atoms with van der Waals surface area (Å²) in [6, 6.07) is 11.2. The lowest BCUT2D eigenvalue weighted by molar-refractivity contribution is -0.121. The Morgan fingerprint density at radius 2 is 2.04 bits per heavy atom. The maximum absolute atomic E-state index is 11.8. The largest absolute Gasteiger partial charge is 0.357 e. The van der Waals surface area contributed by atoms with Gasteiger partial charge in [-0.25, -0.2) is 0 Å². The highest BCUT2D eigenvalue weighted by Gasteiger charge is 2.25. The Morgan fingerprint density at radius 3 is 2.77 bits per heavy atom. The zero-order chi connectivity index (χ0) is 18.2. The predicted octanol–water partition coefficient (Wildman–Crippen LogP) is 2.58. The highest BCUT2D eigenvalue weighted by atomic mass is 16.1. The van der Waals surface area contributed by atoms with E-state index in [0.717, 1.165) is 51.3 Å². The number of hydrogen-bond donors (Lipinski definition) is 2. The van der Waals surface area contributed by atoms with Gasteiger partial charge in [-0.1, -0.05) is 30.3 Å². The number of nitrogens with one attached hydrogen (secondary N) is 2. The molecule has 2 N–H and O–H groups in total. The second kappa shape index (κ2) is 9.60. The van der Waals surface area contributed by atoms with E-state index in [9.17, 15) is 4.79 Å². The third-order valence-electron chi connectivity index (χ3n) is 5.05. The molecule has 1 amide bonds. The molecule has 0 spiro atoms. The molecule has 2 aliphatic rings. The molecule has 1 atom stereocenters. The number of likely N-dealkylation sites (tertiary alicyclic amines) is 1. The van der Waals surface area contributed by atoms with Crippen LogP contribution in [0, 0.1) is 5.92 Å². The van der Waals surface area contributed by atoms with Crippen LogP contribution in [0.1, 0.15) is 44.6 Å². The first-order valence-corrected chi connectivity index (χ1v) is 10.1. The molecule has 0 radical (unpaired) electrons. The molecule has 1 aromatic rings. The highest BCUT2D eigenvalue weighted by molar-refractivity contribution is 5.80. The summed E-state index contributed by atoms with van der Waals surface area (Å²) in [5, 5.41) is 6.45. The summed E-state index contributed by atoms with van der Waals surface area (Å²) in [6.07, 6.45) is 6.03. The van der Waals surface area contributed by atoms with Gasteiger partial charge in [0.1, 0.15) is 0 Å². The quantitative estimate of drug-likeness (QED) is 0.428. The van der Waals surface area contributed by atoms with Crippen molar-refractivity contribution in [2.75, 3.05) is 26.2 Å². The van der Waals surface area contributed by atoms with Gasteiger partial charge < -0.3 is 15.5 Å². The van der Waals surface area contributed by atoms with Crippen molar-refractivity contribution >= 4 is 11.9 Å². The molecular weight excluding hydrogens is 324 g/mol. The molecule has 1 heterocycles. The molecule has 26 heavy (non-hydrogen) atoms. The molecule has 0 bridgehead atoms. The molecule has 1 aliphatic carbocycles. The number of rotatable bonds is 8. The van der Waals surface area contributed by atoms with Gasteiger partial charge in [-0.2, -0.15) is 0 Å². The lowest BCUT2D eigenvalue weighted by Crippen LogP contribution is -2.40. The molecule has 0 aromatic heterocycles. The van der Waals surface area contributed by atoms with E-state index in [2.05, 4.69) is 52.8 Å². The van der Waals surface area contributed by atoms with Crippen molar-refractivity contribution < 1.29 is 4.79 Å². The molecule has 5 heteroatoms. The van der Waals surface area contributed by atoms with Crippen molar-refractivity contribution in [1.82, 2.24) is 15.5 Å². The Bertz CT molecular complexity index is 597. The maximum Gasteiger partial charge on any atom is 0.220 e. The van der Waals surface area contributed by atoms with Gasteiger partial charge in [0, 0.05) is 38.6 Å². The maximum atomic E-state index is 11.8. The van der Waals surface area contributed by atoms with Crippen LogP contribution in [0.25, 0.3) is 0 Å². The van der Waals surface area contributed by atoms with E-state index in [0.29, 0.717) is 24.9 Å². The van der Waals surface area contributed by atoms with Crippen LogP contribution in [0.5, 0.6) is 0 Å². The Balaban J connectivity index is 1.43. The summed E-state index contributed by atoms with van der Waals surface area (Å²) >= 11 is 0. The fourth-order valence-electron chi connectivity index (χ4n) is 3.52. The number of guanidine groups is 1. The standard InChI is InChI=1S/C21H32N4O/c1-2-22-21(23-13-6-9-20(26)24-19-10-11-19)25-14-12-18(16-25)15-17-7-4-3-5-8-17/h3-5,7-8,18-19H,2,6,9-16H2,1H3,(H,22,23)(H,24,26). The van der Waals surface area contributed by atoms with Crippen LogP contribution in [0.15, 0.2) is 35.3 Å². The van der Waals surface area contributed by atoms with Gasteiger partial charge in [0.25, 0.3) is 0 Å². The number of nitrogens with zero attached hydrogens (tertiary/aromatic N) is 2. The fraction of sp³-hybridized carbons (Fsp3) is 0.619. The van der Waals surface area contributed by atoms with E-state index in [1.807, 2.05) is 0 Å². The lowest BCUT2D eigenvalue weighted by atomic mass is 9.99. The van der Waals surface area contributed by atoms with Gasteiger partial charge in [-0.15, -0.1) is 0 Å². The minimum absolute atomic E-state index is 0.178. The number of benzene rings is 1. The van der Waals surface area contributed by atoms with Gasteiger partial charge in [0.05, 0.1) is 0 Å². The van der Waals surface area contributed by atoms with Crippen LogP contribution in [0.4, 0.5) is 0 Å². The predicted molar refractivity (Wildman–Crippen MR) is 106 cm³/mol. The topological polar surface area (TPSA) is 56.7 Å². The van der Waals surface area contributed by atoms with Crippen LogP contribution >= 0.6 is 0 Å². The second-order valence-electron chi connectivity index (χ2n) is 7.47. The molecule has 2 fully saturated rings. The average molecular weight is 357 g/mol. The molecule has 1 aliphatic heterocycles. The Labute approximate surface area is 157 Å². The smallest absolute Gasteiger partial charge is 0.220 e. The lowest BCUT2D eigenvalue weighted by Gasteiger charge is -2.21. The number of carbonyl (C=O) groups is 1. The van der Waals surface area contributed by atoms with E-state index in [4.69, 9.17) is 4.99 Å². The van der Waals surface area contributed by atoms with Gasteiger partial charge >= 0.3 is 0 Å². The van der Waals surface area contributed by atoms with Gasteiger partial charge in [0.2, 0.25) is 5.91 Å². The minimum Gasteiger partial charge on any atom is -0.357 e. The molecule has 1 aromatic carbocycles. The second-order valence-corrected chi connectivity index (χ2v) is 7.47. The SMILES string of the molecule is CCNC(=NCCCC(=O)NC1CC1)N1CCC(Cc2ccccc2)C1. The Hall–Kier alpha value is -2.04. The van der Waals surface area contributed by atoms with Crippen LogP contribution in [0.2, 0.25) is 0 Å². The van der Waals surface area contributed by atoms with Gasteiger partial charge in [-0.3, -0.25) is 9.79 Å². The molecule has 5 nitrogen and oxygen atoms in total. The van der Waals surface area contributed by atoms with Crippen molar-refractivity contribution in [3.8, 4) is 0 Å². The third kappa shape index (κ3) is 6.04. The van der Waals surface area contributed by atoms with Crippen LogP contribution in [0.3, 0.4) is 0 Å². The molecule has 1 unspecified atom stereocenters. The van der Waals surface area contributed by atoms with Gasteiger partial charge in [-0.05, 0) is 50.5 Å². The van der Waals surface area contributed by atoms with Crippen LogP contribution in [-0.2, 0) is 11.2 Å². The normalized spacial score (nSPS) is 20.3. The molecule has 1 saturated carbocycles. The summed E-state index contributed by atoms with van der Waals surface area (Å²) < 4.78 is 0. The highest BCUT2D eigenvalue weighted by Crippen LogP contribution is 2.21. The molecule has 1 saturated heterocycles. The summed E-state index contributed by atoms with van der Waals surface area (Å²) in [4.78, 5) is 18.9. The number of hydrogen-bond acceptors (Lipinski definition) is 2. The zero-order valence-corrected chi connectivity index (χ0v) is 15.9. The Morgan fingerprint density at radius 1 is 1.23 bits per heavy atom. The zero-order valence-electron chi connectivity index (χ0n) is 15.9. The number of aliphatic imine (C=N–C) groups is 1. The van der Waals surface area contributed by atoms with Crippen LogP contribution < -0.4 is 10.6 Å². The first-order valence-electron chi connectivity index (χ1n) is 10.1. The van der Waals surface area contributed by atoms with Crippen molar-refractivity contribution in [2.24, 2.45) is 10.9 Å². The summed E-state index contributed by atoms with van der Waals surface area (Å²) in [7, 11) is 0. The summed E-state index contributed by atoms with van der Waals surface area (Å²) in [6.45, 7) is 5.81. The van der Waals surface area contributed by atoms with E-state index in [-0.39, 0.29) is 5.91 Å². The van der Waals surface area contributed by atoms with E-state index in [1.165, 1.54) is 12.0 Å². The van der Waals surface area contributed by atoms with Crippen molar-refractivity contribution in [3.63, 3.8) is 0 Å². The van der Waals surface area contributed by atoms with E-state index in [1.54, 1.807) is 0 Å². The first-order chi connectivity index (χ1) is 12.7. The third-order valence-corrected chi connectivity index (χ3v) is 5.05. The molecule has 142 valence electrons. The van der Waals surface area contributed by atoms with Crippen molar-refractivity contribution in [2.45, 2.75) is 51.5 Å². The Kier molecular flexibility index (Phi) is 6.92. The molecule has 3 rings (SSSR count). The first kappa shape index (κ1) is 18.7. The number of carbonyl (C=O) groups excluding carboxylic acids is 1. The minimum atomic E-state index is 0.178. The number of amides is 1.